The fourth-order valence-corrected chi connectivity index (χ4v) is 3.41. The molecule has 1 aliphatic carbocycles. The molecule has 3 aromatic heterocycles. The largest absolute Gasteiger partial charge is 0.412 e. The lowest BCUT2D eigenvalue weighted by molar-refractivity contribution is -0.115. The van der Waals surface area contributed by atoms with Crippen LogP contribution >= 0.6 is 0 Å². The molecule has 0 aromatic carbocycles. The number of likely N-dealkylation sites (N-methyl/N-ethyl adjacent to an activating group) is 1. The predicted molar refractivity (Wildman–Crippen MR) is 114 cm³/mol. The highest BCUT2D eigenvalue weighted by Gasteiger charge is 2.22. The summed E-state index contributed by atoms with van der Waals surface area (Å²) in [6.07, 6.45) is 13.8. The van der Waals surface area contributed by atoms with E-state index in [1.54, 1.807) is 24.3 Å². The Labute approximate surface area is 174 Å². The lowest BCUT2D eigenvalue weighted by Gasteiger charge is -2.25. The monoisotopic (exact) mass is 410 g/mol. The van der Waals surface area contributed by atoms with Crippen LogP contribution in [0.1, 0.15) is 38.5 Å². The topological polar surface area (TPSA) is 144 Å². The van der Waals surface area contributed by atoms with Crippen LogP contribution in [0.15, 0.2) is 30.9 Å². The summed E-state index contributed by atoms with van der Waals surface area (Å²) in [5, 5.41) is 9.28. The minimum atomic E-state index is -0.0971. The van der Waals surface area contributed by atoms with Gasteiger partial charge in [0.05, 0.1) is 18.4 Å². The van der Waals surface area contributed by atoms with Crippen molar-refractivity contribution in [2.45, 2.75) is 38.5 Å². The maximum absolute atomic E-state index is 11.5. The van der Waals surface area contributed by atoms with Gasteiger partial charge in [-0.3, -0.25) is 14.9 Å². The van der Waals surface area contributed by atoms with Crippen molar-refractivity contribution in [3.8, 4) is 22.8 Å². The molecule has 30 heavy (non-hydrogen) atoms. The summed E-state index contributed by atoms with van der Waals surface area (Å²) in [4.78, 5) is 30.5. The van der Waals surface area contributed by atoms with Crippen LogP contribution < -0.4 is 10.2 Å². The molecule has 10 heteroatoms. The van der Waals surface area contributed by atoms with Crippen LogP contribution in [0.4, 0.5) is 11.6 Å². The molecule has 4 heterocycles. The zero-order chi connectivity index (χ0) is 20.1. The normalized spacial score (nSPS) is 15.2. The molecular formula is C20H26N8O2. The maximum Gasteiger partial charge on any atom is 0.245 e. The van der Waals surface area contributed by atoms with Gasteiger partial charge >= 0.3 is 0 Å². The molecular weight excluding hydrogens is 384 g/mol. The highest BCUT2D eigenvalue weighted by Crippen LogP contribution is 2.27. The molecule has 158 valence electrons. The summed E-state index contributed by atoms with van der Waals surface area (Å²) < 4.78 is 0. The van der Waals surface area contributed by atoms with Gasteiger partial charge in [0.25, 0.3) is 0 Å². The Balaban J connectivity index is 0.000000317. The number of hydrogen-bond acceptors (Lipinski definition) is 7. The number of fused-ring (bicyclic) bond motifs is 1. The first kappa shape index (κ1) is 21.3. The van der Waals surface area contributed by atoms with Crippen molar-refractivity contribution in [2.24, 2.45) is 0 Å². The Kier molecular flexibility index (Phi) is 7.02. The van der Waals surface area contributed by atoms with Crippen molar-refractivity contribution in [1.82, 2.24) is 30.1 Å². The van der Waals surface area contributed by atoms with E-state index in [1.165, 1.54) is 44.9 Å². The number of pyridine rings is 1. The summed E-state index contributed by atoms with van der Waals surface area (Å²) in [6, 6.07) is 3.73. The summed E-state index contributed by atoms with van der Waals surface area (Å²) in [6.45, 7) is 0.258. The average molecular weight is 410 g/mol. The average Bonchev–Trinajstić information content (AvgIpc) is 3.30. The summed E-state index contributed by atoms with van der Waals surface area (Å²) >= 11 is 0. The van der Waals surface area contributed by atoms with Gasteiger partial charge < -0.3 is 15.7 Å². The first-order valence-electron chi connectivity index (χ1n) is 9.91. The Morgan fingerprint density at radius 3 is 2.27 bits per heavy atom. The van der Waals surface area contributed by atoms with E-state index in [1.807, 2.05) is 12.1 Å². The number of nitrogens with zero attached hydrogens (tertiary/aromatic N) is 6. The molecule has 1 aliphatic heterocycles. The number of amides is 1. The number of carbonyl (C=O) groups is 1. The molecule has 0 saturated heterocycles. The molecule has 10 nitrogen and oxygen atoms in total. The van der Waals surface area contributed by atoms with Crippen molar-refractivity contribution >= 4 is 17.5 Å². The van der Waals surface area contributed by atoms with E-state index < -0.39 is 0 Å². The standard InChI is InChI=1S/C14H12N8O.C6H12.H2O/c1-22-6-11(23)20-13-14(22)19-10(5-16-13)8-2-3-9(15-4-8)12-17-7-18-21-12;1-2-4-6-5-3-1;/h2-5,7H,6H2,1H3,(H,16,20,23)(H,17,18,21);1-6H2;1H2. The first-order valence-corrected chi connectivity index (χ1v) is 9.91. The molecule has 0 bridgehead atoms. The SMILES string of the molecule is C1CCCCC1.CN1CC(=O)Nc2ncc(-c3ccc(-c4ncn[nH]4)nc3)nc21.O. The smallest absolute Gasteiger partial charge is 0.245 e. The number of carbonyl (C=O) groups excluding carboxylic acids is 1. The van der Waals surface area contributed by atoms with E-state index in [9.17, 15) is 4.79 Å². The van der Waals surface area contributed by atoms with Crippen molar-refractivity contribution in [2.75, 3.05) is 23.8 Å². The summed E-state index contributed by atoms with van der Waals surface area (Å²) in [7, 11) is 1.81. The highest BCUT2D eigenvalue weighted by atomic mass is 16.2. The molecule has 2 aliphatic rings. The van der Waals surface area contributed by atoms with Gasteiger partial charge in [0.2, 0.25) is 5.91 Å². The van der Waals surface area contributed by atoms with Crippen molar-refractivity contribution in [1.29, 1.82) is 0 Å². The zero-order valence-corrected chi connectivity index (χ0v) is 16.9. The third-order valence-electron chi connectivity index (χ3n) is 4.97. The minimum Gasteiger partial charge on any atom is -0.412 e. The number of nitrogens with one attached hydrogen (secondary N) is 2. The number of H-pyrrole nitrogens is 1. The molecule has 1 fully saturated rings. The van der Waals surface area contributed by atoms with E-state index >= 15 is 0 Å². The van der Waals surface area contributed by atoms with Gasteiger partial charge in [-0.25, -0.2) is 15.0 Å². The van der Waals surface area contributed by atoms with Gasteiger partial charge in [0.1, 0.15) is 12.0 Å². The van der Waals surface area contributed by atoms with Gasteiger partial charge in [0.15, 0.2) is 17.5 Å². The van der Waals surface area contributed by atoms with Crippen molar-refractivity contribution in [3.63, 3.8) is 0 Å². The van der Waals surface area contributed by atoms with E-state index in [0.717, 1.165) is 5.56 Å². The van der Waals surface area contributed by atoms with E-state index in [2.05, 4.69) is 35.5 Å². The number of aromatic amines is 1. The molecule has 4 N–H and O–H groups in total. The molecule has 1 saturated carbocycles. The molecule has 0 atom stereocenters. The van der Waals surface area contributed by atoms with Gasteiger partial charge in [-0.2, -0.15) is 5.10 Å². The fourth-order valence-electron chi connectivity index (χ4n) is 3.41. The van der Waals surface area contributed by atoms with Gasteiger partial charge in [-0.05, 0) is 12.1 Å². The second-order valence-corrected chi connectivity index (χ2v) is 7.22. The lowest BCUT2D eigenvalue weighted by atomic mass is 10.0. The van der Waals surface area contributed by atoms with Gasteiger partial charge in [-0.1, -0.05) is 38.5 Å². The quantitative estimate of drug-likeness (QED) is 0.659. The molecule has 0 spiro atoms. The van der Waals surface area contributed by atoms with Gasteiger partial charge in [-0.15, -0.1) is 0 Å². The Bertz CT molecular complexity index is 944. The fraction of sp³-hybridized carbons (Fsp3) is 0.400. The van der Waals surface area contributed by atoms with Gasteiger partial charge in [0, 0.05) is 18.8 Å². The number of rotatable bonds is 2. The number of anilines is 2. The van der Waals surface area contributed by atoms with Crippen LogP contribution in [0.25, 0.3) is 22.8 Å². The number of hydrogen-bond donors (Lipinski definition) is 2. The Morgan fingerprint density at radius 1 is 0.933 bits per heavy atom. The van der Waals surface area contributed by atoms with Crippen LogP contribution in [-0.4, -0.2) is 55.1 Å². The van der Waals surface area contributed by atoms with Crippen LogP contribution in [0.5, 0.6) is 0 Å². The molecule has 5 rings (SSSR count). The maximum atomic E-state index is 11.5. The van der Waals surface area contributed by atoms with Crippen molar-refractivity contribution in [3.05, 3.63) is 30.9 Å². The predicted octanol–water partition coefficient (Wildman–Crippen LogP) is 2.23. The molecule has 1 amide bonds. The Morgan fingerprint density at radius 2 is 1.67 bits per heavy atom. The molecule has 3 aromatic rings. The second-order valence-electron chi connectivity index (χ2n) is 7.22. The van der Waals surface area contributed by atoms with Crippen LogP contribution in [0, 0.1) is 0 Å². The molecule has 0 radical (unpaired) electrons. The van der Waals surface area contributed by atoms with Crippen molar-refractivity contribution < 1.29 is 10.3 Å². The number of aromatic nitrogens is 6. The minimum absolute atomic E-state index is 0. The third kappa shape index (κ3) is 4.95. The lowest BCUT2D eigenvalue weighted by Crippen LogP contribution is -2.36. The van der Waals surface area contributed by atoms with E-state index in [-0.39, 0.29) is 17.9 Å². The van der Waals surface area contributed by atoms with E-state index in [4.69, 9.17) is 0 Å². The van der Waals surface area contributed by atoms with Crippen LogP contribution in [-0.2, 0) is 4.79 Å². The summed E-state index contributed by atoms with van der Waals surface area (Å²) in [5.74, 6) is 1.62. The Hall–Kier alpha value is -3.40. The first-order chi connectivity index (χ1) is 14.2. The summed E-state index contributed by atoms with van der Waals surface area (Å²) in [5.41, 5.74) is 2.21. The third-order valence-corrected chi connectivity index (χ3v) is 4.97. The second kappa shape index (κ2) is 9.88. The van der Waals surface area contributed by atoms with Crippen LogP contribution in [0.2, 0.25) is 0 Å². The molecule has 0 unspecified atom stereocenters. The van der Waals surface area contributed by atoms with E-state index in [0.29, 0.717) is 28.8 Å². The zero-order valence-electron chi connectivity index (χ0n) is 16.9. The van der Waals surface area contributed by atoms with Crippen LogP contribution in [0.3, 0.4) is 0 Å². The highest BCUT2D eigenvalue weighted by molar-refractivity contribution is 5.99.